The van der Waals surface area contributed by atoms with Crippen LogP contribution in [0.2, 0.25) is 5.02 Å². The Kier molecular flexibility index (Phi) is 5.29. The molecule has 2 unspecified atom stereocenters. The molecule has 2 aromatic heterocycles. The van der Waals surface area contributed by atoms with Gasteiger partial charge in [0, 0.05) is 55.0 Å². The van der Waals surface area contributed by atoms with Gasteiger partial charge in [0.2, 0.25) is 5.91 Å². The summed E-state index contributed by atoms with van der Waals surface area (Å²) in [6, 6.07) is 7.16. The molecule has 0 bridgehead atoms. The Hall–Kier alpha value is -3.46. The smallest absolute Gasteiger partial charge is 0.263 e. The molecule has 3 aromatic rings. The highest BCUT2D eigenvalue weighted by atomic mass is 35.5. The third-order valence-electron chi connectivity index (χ3n) is 6.58. The second kappa shape index (κ2) is 9.20. The average molecular weight is 514 g/mol. The molecule has 10 heteroatoms. The van der Waals surface area contributed by atoms with Gasteiger partial charge in [0.05, 0.1) is 22.0 Å². The number of fused-ring (bicyclic) bond motifs is 1. The zero-order valence-electron chi connectivity index (χ0n) is 23.1. The number of anilines is 3. The second-order valence-corrected chi connectivity index (χ2v) is 10.0. The van der Waals surface area contributed by atoms with Crippen LogP contribution in [0.25, 0.3) is 11.3 Å². The molecule has 36 heavy (non-hydrogen) atoms. The third kappa shape index (κ3) is 4.43. The highest BCUT2D eigenvalue weighted by Gasteiger charge is 2.46. The van der Waals surface area contributed by atoms with Gasteiger partial charge in [0.15, 0.2) is 11.6 Å². The van der Waals surface area contributed by atoms with Crippen LogP contribution in [-0.2, 0) is 4.79 Å². The van der Waals surface area contributed by atoms with Crippen LogP contribution in [0.4, 0.5) is 21.7 Å². The van der Waals surface area contributed by atoms with Crippen LogP contribution in [0.3, 0.4) is 0 Å². The number of benzene rings is 1. The number of nitrogens with one attached hydrogen (secondary N) is 1. The number of piperidine rings is 1. The number of carbonyl (C=O) groups is 2. The van der Waals surface area contributed by atoms with Crippen molar-refractivity contribution in [2.45, 2.75) is 33.2 Å². The lowest BCUT2D eigenvalue weighted by atomic mass is 10.1. The van der Waals surface area contributed by atoms with Crippen molar-refractivity contribution in [3.8, 4) is 11.3 Å². The van der Waals surface area contributed by atoms with Crippen molar-refractivity contribution < 1.29 is 18.1 Å². The van der Waals surface area contributed by atoms with Crippen molar-refractivity contribution in [3.05, 3.63) is 52.9 Å². The Morgan fingerprint density at radius 2 is 2.03 bits per heavy atom. The minimum Gasteiger partial charge on any atom is -0.368 e. The van der Waals surface area contributed by atoms with Gasteiger partial charge in [0.25, 0.3) is 5.91 Å². The summed E-state index contributed by atoms with van der Waals surface area (Å²) in [7, 11) is 0. The van der Waals surface area contributed by atoms with Gasteiger partial charge in [-0.25, -0.2) is 9.37 Å². The maximum atomic E-state index is 14.7. The fraction of sp³-hybridized carbons (Fsp3) is 0.385. The van der Waals surface area contributed by atoms with Gasteiger partial charge in [-0.3, -0.25) is 19.2 Å². The predicted molar refractivity (Wildman–Crippen MR) is 138 cm³/mol. The van der Waals surface area contributed by atoms with Crippen molar-refractivity contribution in [3.63, 3.8) is 0 Å². The molecular formula is C26H28ClFN6O2. The molecule has 2 aliphatic rings. The first-order chi connectivity index (χ1) is 18.3. The zero-order chi connectivity index (χ0) is 28.2. The minimum absolute atomic E-state index is 0.0614. The molecule has 1 aliphatic carbocycles. The lowest BCUT2D eigenvalue weighted by Gasteiger charge is -2.27. The Morgan fingerprint density at radius 3 is 2.67 bits per heavy atom. The van der Waals surface area contributed by atoms with Gasteiger partial charge in [-0.05, 0) is 50.3 Å². The molecule has 0 spiro atoms. The van der Waals surface area contributed by atoms with Crippen LogP contribution in [0.1, 0.15) is 47.7 Å². The molecule has 8 nitrogen and oxygen atoms in total. The molecule has 188 valence electrons. The van der Waals surface area contributed by atoms with E-state index in [2.05, 4.69) is 15.4 Å². The Morgan fingerprint density at radius 1 is 1.28 bits per heavy atom. The Labute approximate surface area is 218 Å². The highest BCUT2D eigenvalue weighted by molar-refractivity contribution is 6.34. The SMILES string of the molecule is [2H]C([2H])([2H])N(C(=O)c1c(F)cccc1Cl)c1ncc(-c2cc(NC(C)=O)nn2C(C)C)cc1N1CC2CC2C1. The minimum atomic E-state index is -2.98. The van der Waals surface area contributed by atoms with Crippen LogP contribution in [0, 0.1) is 17.7 Å². The summed E-state index contributed by atoms with van der Waals surface area (Å²) in [5.41, 5.74) is 1.18. The standard InChI is InChI=1S/C26H28ClFN6O2/c1-14(2)34-21(10-23(31-34)30-15(3)35)16-9-22(33-12-17-8-18(17)13-33)25(29-11-16)32(4)26(36)24-19(27)6-5-7-20(24)28/h5-7,9-11,14,17-18H,8,12-13H2,1-4H3,(H,30,31,35)/i4D3. The van der Waals surface area contributed by atoms with Crippen molar-refractivity contribution in [1.29, 1.82) is 0 Å². The van der Waals surface area contributed by atoms with Crippen LogP contribution in [-0.4, -0.2) is 46.6 Å². The Balaban J connectivity index is 1.66. The summed E-state index contributed by atoms with van der Waals surface area (Å²) in [6.45, 7) is 3.67. The van der Waals surface area contributed by atoms with Crippen LogP contribution >= 0.6 is 11.6 Å². The van der Waals surface area contributed by atoms with E-state index in [0.717, 1.165) is 12.5 Å². The quantitative estimate of drug-likeness (QED) is 0.501. The van der Waals surface area contributed by atoms with E-state index in [0.29, 0.717) is 52.6 Å². The number of rotatable bonds is 6. The normalized spacial score (nSPS) is 19.9. The lowest BCUT2D eigenvalue weighted by Crippen LogP contribution is -2.31. The van der Waals surface area contributed by atoms with E-state index < -0.39 is 24.3 Å². The van der Waals surface area contributed by atoms with Crippen LogP contribution in [0.5, 0.6) is 0 Å². The molecule has 2 atom stereocenters. The number of carbonyl (C=O) groups excluding carboxylic acids is 2. The first-order valence-corrected chi connectivity index (χ1v) is 12.1. The van der Waals surface area contributed by atoms with Crippen molar-refractivity contribution in [2.24, 2.45) is 11.8 Å². The molecule has 2 amide bonds. The average Bonchev–Trinajstić information content (AvgIpc) is 3.23. The summed E-state index contributed by atoms with van der Waals surface area (Å²) in [5, 5.41) is 6.98. The first kappa shape index (κ1) is 20.7. The summed E-state index contributed by atoms with van der Waals surface area (Å²) in [5.74, 6) is -1.05. The highest BCUT2D eigenvalue weighted by Crippen LogP contribution is 2.48. The number of amides is 2. The molecule has 2 fully saturated rings. The van der Waals surface area contributed by atoms with Gasteiger partial charge >= 0.3 is 0 Å². The summed E-state index contributed by atoms with van der Waals surface area (Å²) >= 11 is 6.15. The largest absolute Gasteiger partial charge is 0.368 e. The third-order valence-corrected chi connectivity index (χ3v) is 6.90. The van der Waals surface area contributed by atoms with Gasteiger partial charge in [-0.2, -0.15) is 5.10 Å². The summed E-state index contributed by atoms with van der Waals surface area (Å²) in [6.07, 6.45) is 2.56. The number of nitrogens with zero attached hydrogens (tertiary/aromatic N) is 5. The number of halogens is 2. The van der Waals surface area contributed by atoms with Crippen molar-refractivity contribution >= 4 is 40.7 Å². The number of hydrogen-bond donors (Lipinski definition) is 1. The van der Waals surface area contributed by atoms with E-state index >= 15 is 0 Å². The fourth-order valence-corrected chi connectivity index (χ4v) is 4.98. The van der Waals surface area contributed by atoms with E-state index in [9.17, 15) is 14.0 Å². The van der Waals surface area contributed by atoms with E-state index in [4.69, 9.17) is 15.7 Å². The molecule has 1 saturated heterocycles. The molecule has 1 aromatic carbocycles. The predicted octanol–water partition coefficient (Wildman–Crippen LogP) is 5.01. The Bertz CT molecular complexity index is 1430. The second-order valence-electron chi connectivity index (χ2n) is 9.60. The van der Waals surface area contributed by atoms with Crippen molar-refractivity contribution in [2.75, 3.05) is 35.2 Å². The molecule has 1 N–H and O–H groups in total. The van der Waals surface area contributed by atoms with Gasteiger partial charge in [-0.15, -0.1) is 0 Å². The van der Waals surface area contributed by atoms with Crippen LogP contribution in [0.15, 0.2) is 36.5 Å². The molecular weight excluding hydrogens is 483 g/mol. The van der Waals surface area contributed by atoms with Crippen LogP contribution < -0.4 is 15.1 Å². The van der Waals surface area contributed by atoms with Crippen molar-refractivity contribution in [1.82, 2.24) is 14.8 Å². The van der Waals surface area contributed by atoms with Gasteiger partial charge in [-0.1, -0.05) is 17.7 Å². The zero-order valence-corrected chi connectivity index (χ0v) is 20.9. The maximum absolute atomic E-state index is 14.7. The number of hydrogen-bond acceptors (Lipinski definition) is 5. The molecule has 0 radical (unpaired) electrons. The molecule has 1 aliphatic heterocycles. The molecule has 1 saturated carbocycles. The lowest BCUT2D eigenvalue weighted by molar-refractivity contribution is -0.114. The van der Waals surface area contributed by atoms with Gasteiger partial charge in [0.1, 0.15) is 5.82 Å². The van der Waals surface area contributed by atoms with E-state index in [1.807, 2.05) is 18.7 Å². The summed E-state index contributed by atoms with van der Waals surface area (Å²) in [4.78, 5) is 32.3. The molecule has 5 rings (SSSR count). The van der Waals surface area contributed by atoms with E-state index in [1.165, 1.54) is 25.3 Å². The van der Waals surface area contributed by atoms with Gasteiger partial charge < -0.3 is 10.2 Å². The summed E-state index contributed by atoms with van der Waals surface area (Å²) < 4.78 is 41.1. The monoisotopic (exact) mass is 513 g/mol. The maximum Gasteiger partial charge on any atom is 0.263 e. The first-order valence-electron chi connectivity index (χ1n) is 13.3. The number of pyridine rings is 1. The van der Waals surface area contributed by atoms with E-state index in [-0.39, 0.29) is 22.8 Å². The molecule has 3 heterocycles. The van der Waals surface area contributed by atoms with E-state index in [1.54, 1.807) is 16.8 Å². The number of aromatic nitrogens is 3. The fourth-order valence-electron chi connectivity index (χ4n) is 4.74. The topological polar surface area (TPSA) is 83.4 Å².